The summed E-state index contributed by atoms with van der Waals surface area (Å²) in [5, 5.41) is 4.28. The maximum Gasteiger partial charge on any atom is 0.256 e. The molecule has 0 aliphatic rings. The number of nitrogens with zero attached hydrogens (tertiary/aromatic N) is 1. The van der Waals surface area contributed by atoms with Crippen molar-refractivity contribution in [2.24, 2.45) is 0 Å². The molecule has 0 radical (unpaired) electrons. The number of thiazole rings is 1. The molecule has 0 unspecified atom stereocenters. The highest BCUT2D eigenvalue weighted by Gasteiger charge is 2.18. The normalized spacial score (nSPS) is 10.6. The average Bonchev–Trinajstić information content (AvgIpc) is 3.34. The third-order valence-corrected chi connectivity index (χ3v) is 6.42. The lowest BCUT2D eigenvalue weighted by Gasteiger charge is -2.07. The van der Waals surface area contributed by atoms with Gasteiger partial charge in [-0.25, -0.2) is 9.37 Å². The first kappa shape index (κ1) is 23.3. The minimum absolute atomic E-state index is 0.239. The summed E-state index contributed by atoms with van der Waals surface area (Å²) in [6, 6.07) is 29.9. The fourth-order valence-electron chi connectivity index (χ4n) is 3.54. The average molecular weight is 497 g/mol. The number of hydrogen-bond acceptors (Lipinski definition) is 5. The Labute approximate surface area is 211 Å². The first-order valence-electron chi connectivity index (χ1n) is 11.1. The number of carbonyl (C=O) groups excluding carboxylic acids is 1. The van der Waals surface area contributed by atoms with Crippen LogP contribution in [0, 0.1) is 5.82 Å². The molecule has 4 aromatic carbocycles. The molecule has 1 N–H and O–H groups in total. The number of amides is 1. The highest BCUT2D eigenvalue weighted by molar-refractivity contribution is 7.19. The number of halogens is 1. The summed E-state index contributed by atoms with van der Waals surface area (Å²) in [4.78, 5) is 17.6. The number of nitrogens with one attached hydrogen (secondary N) is 1. The number of carbonyl (C=O) groups is 1. The second kappa shape index (κ2) is 10.4. The van der Waals surface area contributed by atoms with Crippen LogP contribution in [0.2, 0.25) is 0 Å². The predicted octanol–water partition coefficient (Wildman–Crippen LogP) is 7.67. The Balaban J connectivity index is 1.42. The Morgan fingerprint density at radius 3 is 2.00 bits per heavy atom. The highest BCUT2D eigenvalue weighted by atomic mass is 32.1. The third-order valence-electron chi connectivity index (χ3n) is 5.40. The molecular weight excluding hydrogens is 475 g/mol. The largest absolute Gasteiger partial charge is 0.497 e. The van der Waals surface area contributed by atoms with E-state index in [-0.39, 0.29) is 11.7 Å². The van der Waals surface area contributed by atoms with Gasteiger partial charge in [-0.15, -0.1) is 0 Å². The van der Waals surface area contributed by atoms with E-state index in [1.165, 1.54) is 23.5 Å². The Bertz CT molecular complexity index is 1470. The van der Waals surface area contributed by atoms with Gasteiger partial charge in [0.25, 0.3) is 5.91 Å². The van der Waals surface area contributed by atoms with Crippen LogP contribution in [0.15, 0.2) is 103 Å². The van der Waals surface area contributed by atoms with Crippen LogP contribution in [0.4, 0.5) is 9.39 Å². The monoisotopic (exact) mass is 496 g/mol. The van der Waals surface area contributed by atoms with Crippen molar-refractivity contribution in [2.75, 3.05) is 12.4 Å². The molecule has 178 valence electrons. The molecule has 0 saturated carbocycles. The van der Waals surface area contributed by atoms with Crippen LogP contribution in [0.5, 0.6) is 17.2 Å². The van der Waals surface area contributed by atoms with Crippen molar-refractivity contribution >= 4 is 22.2 Å². The van der Waals surface area contributed by atoms with Crippen molar-refractivity contribution in [2.45, 2.75) is 0 Å². The van der Waals surface area contributed by atoms with E-state index in [0.717, 1.165) is 11.3 Å². The summed E-state index contributed by atoms with van der Waals surface area (Å²) in [6.45, 7) is 0. The summed E-state index contributed by atoms with van der Waals surface area (Å²) in [5.41, 5.74) is 2.70. The summed E-state index contributed by atoms with van der Waals surface area (Å²) in [5.74, 6) is 1.56. The molecule has 7 heteroatoms. The maximum absolute atomic E-state index is 13.5. The number of aromatic nitrogens is 1. The number of anilines is 1. The fourth-order valence-corrected chi connectivity index (χ4v) is 4.53. The predicted molar refractivity (Wildman–Crippen MR) is 140 cm³/mol. The van der Waals surface area contributed by atoms with Crippen LogP contribution in [0.25, 0.3) is 21.8 Å². The standard InChI is InChI=1S/C29H21FN2O3S/c1-34-23-15-17-25(18-16-23)35-24-13-9-21(10-14-24)28-31-26(19-7-11-22(30)12-8-19)29(36-28)32-27(33)20-5-3-2-4-6-20/h2-18H,1H3,(H,32,33). The van der Waals surface area contributed by atoms with Crippen LogP contribution < -0.4 is 14.8 Å². The SMILES string of the molecule is COc1ccc(Oc2ccc(-c3nc(-c4ccc(F)cc4)c(NC(=O)c4ccccc4)s3)cc2)cc1. The highest BCUT2D eigenvalue weighted by Crippen LogP contribution is 2.39. The lowest BCUT2D eigenvalue weighted by molar-refractivity contribution is 0.102. The summed E-state index contributed by atoms with van der Waals surface area (Å²) >= 11 is 1.36. The Morgan fingerprint density at radius 1 is 0.778 bits per heavy atom. The molecule has 5 nitrogen and oxygen atoms in total. The molecule has 1 aromatic heterocycles. The third kappa shape index (κ3) is 5.26. The zero-order valence-electron chi connectivity index (χ0n) is 19.3. The van der Waals surface area contributed by atoms with Crippen molar-refractivity contribution < 1.29 is 18.7 Å². The lowest BCUT2D eigenvalue weighted by Crippen LogP contribution is -2.11. The second-order valence-electron chi connectivity index (χ2n) is 7.83. The van der Waals surface area contributed by atoms with Crippen LogP contribution in [-0.2, 0) is 0 Å². The van der Waals surface area contributed by atoms with Crippen molar-refractivity contribution in [3.05, 3.63) is 115 Å². The van der Waals surface area contributed by atoms with Gasteiger partial charge in [-0.1, -0.05) is 29.5 Å². The summed E-state index contributed by atoms with van der Waals surface area (Å²) in [6.07, 6.45) is 0. The van der Waals surface area contributed by atoms with Crippen LogP contribution in [0.1, 0.15) is 10.4 Å². The quantitative estimate of drug-likeness (QED) is 0.251. The first-order chi connectivity index (χ1) is 17.6. The van der Waals surface area contributed by atoms with Gasteiger partial charge in [0.1, 0.15) is 38.8 Å². The molecule has 5 rings (SSSR count). The van der Waals surface area contributed by atoms with Gasteiger partial charge in [-0.05, 0) is 84.9 Å². The van der Waals surface area contributed by atoms with Gasteiger partial charge < -0.3 is 14.8 Å². The van der Waals surface area contributed by atoms with Crippen LogP contribution in [0.3, 0.4) is 0 Å². The molecular formula is C29H21FN2O3S. The van der Waals surface area contributed by atoms with Crippen LogP contribution in [-0.4, -0.2) is 18.0 Å². The minimum Gasteiger partial charge on any atom is -0.497 e. The second-order valence-corrected chi connectivity index (χ2v) is 8.82. The van der Waals surface area contributed by atoms with E-state index in [2.05, 4.69) is 5.32 Å². The topological polar surface area (TPSA) is 60.5 Å². The van der Waals surface area contributed by atoms with E-state index in [1.54, 1.807) is 31.4 Å². The van der Waals surface area contributed by atoms with Gasteiger partial charge >= 0.3 is 0 Å². The Hall–Kier alpha value is -4.49. The van der Waals surface area contributed by atoms with Gasteiger partial charge in [0.15, 0.2) is 0 Å². The van der Waals surface area contributed by atoms with E-state index < -0.39 is 0 Å². The molecule has 36 heavy (non-hydrogen) atoms. The molecule has 0 atom stereocenters. The number of methoxy groups -OCH3 is 1. The minimum atomic E-state index is -0.337. The van der Waals surface area contributed by atoms with E-state index in [9.17, 15) is 9.18 Å². The van der Waals surface area contributed by atoms with Gasteiger partial charge in [0.05, 0.1) is 7.11 Å². The zero-order chi connectivity index (χ0) is 24.9. The molecule has 0 fully saturated rings. The van der Waals surface area contributed by atoms with Gasteiger partial charge in [-0.3, -0.25) is 4.79 Å². The Kier molecular flexibility index (Phi) is 6.73. The van der Waals surface area contributed by atoms with Crippen molar-refractivity contribution in [3.63, 3.8) is 0 Å². The van der Waals surface area contributed by atoms with Crippen LogP contribution >= 0.6 is 11.3 Å². The van der Waals surface area contributed by atoms with E-state index >= 15 is 0 Å². The Morgan fingerprint density at radius 2 is 1.36 bits per heavy atom. The number of ether oxygens (including phenoxy) is 2. The molecule has 1 heterocycles. The van der Waals surface area contributed by atoms with Gasteiger partial charge in [0, 0.05) is 16.7 Å². The molecule has 5 aromatic rings. The molecule has 0 spiro atoms. The van der Waals surface area contributed by atoms with Crippen molar-refractivity contribution in [3.8, 4) is 39.1 Å². The number of benzene rings is 4. The van der Waals surface area contributed by atoms with Gasteiger partial charge in [0.2, 0.25) is 0 Å². The van der Waals surface area contributed by atoms with Crippen molar-refractivity contribution in [1.82, 2.24) is 4.98 Å². The summed E-state index contributed by atoms with van der Waals surface area (Å²) < 4.78 is 24.6. The molecule has 0 saturated heterocycles. The number of hydrogen-bond donors (Lipinski definition) is 1. The van der Waals surface area contributed by atoms with Gasteiger partial charge in [-0.2, -0.15) is 0 Å². The zero-order valence-corrected chi connectivity index (χ0v) is 20.1. The molecule has 1 amide bonds. The molecule has 0 bridgehead atoms. The smallest absolute Gasteiger partial charge is 0.256 e. The molecule has 0 aliphatic heterocycles. The first-order valence-corrected chi connectivity index (χ1v) is 12.0. The summed E-state index contributed by atoms with van der Waals surface area (Å²) in [7, 11) is 1.62. The lowest BCUT2D eigenvalue weighted by atomic mass is 10.1. The van der Waals surface area contributed by atoms with E-state index in [1.807, 2.05) is 66.7 Å². The van der Waals surface area contributed by atoms with E-state index in [0.29, 0.717) is 38.3 Å². The molecule has 0 aliphatic carbocycles. The van der Waals surface area contributed by atoms with Crippen molar-refractivity contribution in [1.29, 1.82) is 0 Å². The van der Waals surface area contributed by atoms with E-state index in [4.69, 9.17) is 14.5 Å². The maximum atomic E-state index is 13.5. The fraction of sp³-hybridized carbons (Fsp3) is 0.0345. The number of rotatable bonds is 7.